The molecule has 170 valence electrons. The van der Waals surface area contributed by atoms with Crippen LogP contribution in [-0.4, -0.2) is 61.1 Å². The quantitative estimate of drug-likeness (QED) is 0.644. The van der Waals surface area contributed by atoms with Gasteiger partial charge in [0.1, 0.15) is 0 Å². The monoisotopic (exact) mass is 436 g/mol. The zero-order chi connectivity index (χ0) is 22.3. The van der Waals surface area contributed by atoms with Crippen molar-refractivity contribution in [2.75, 3.05) is 44.3 Å². The topological polar surface area (TPSA) is 74.8 Å². The van der Waals surface area contributed by atoms with Gasteiger partial charge in [0.25, 0.3) is 0 Å². The number of aromatic nitrogens is 1. The molecular weight excluding hydrogens is 404 g/mol. The molecule has 0 spiro atoms. The standard InChI is InChI=1S/C25H32N4O3/c1-2-32-15-11-24(30)28-13-9-20(10-14-28)19-5-7-22(8-6-19)29(23-4-3-12-26-18-23)25(31)21-16-27-17-21/h3-8,12,18,20-21,27H,2,9-11,13-17H2,1H3. The van der Waals surface area contributed by atoms with E-state index >= 15 is 0 Å². The molecule has 0 radical (unpaired) electrons. The van der Waals surface area contributed by atoms with Crippen molar-refractivity contribution in [3.63, 3.8) is 0 Å². The van der Waals surface area contributed by atoms with Crippen molar-refractivity contribution in [2.45, 2.75) is 32.1 Å². The molecule has 0 saturated carbocycles. The van der Waals surface area contributed by atoms with Gasteiger partial charge < -0.3 is 15.0 Å². The molecule has 7 heteroatoms. The first-order valence-electron chi connectivity index (χ1n) is 11.6. The van der Waals surface area contributed by atoms with Crippen molar-refractivity contribution in [3.8, 4) is 0 Å². The van der Waals surface area contributed by atoms with Crippen LogP contribution in [0, 0.1) is 5.92 Å². The number of benzene rings is 1. The minimum Gasteiger partial charge on any atom is -0.381 e. The summed E-state index contributed by atoms with van der Waals surface area (Å²) in [6.45, 7) is 6.09. The molecule has 3 heterocycles. The van der Waals surface area contributed by atoms with Crippen LogP contribution in [0.2, 0.25) is 0 Å². The van der Waals surface area contributed by atoms with Crippen molar-refractivity contribution in [1.82, 2.24) is 15.2 Å². The van der Waals surface area contributed by atoms with Gasteiger partial charge in [-0.25, -0.2) is 0 Å². The van der Waals surface area contributed by atoms with E-state index in [2.05, 4.69) is 22.4 Å². The largest absolute Gasteiger partial charge is 0.381 e. The number of nitrogens with zero attached hydrogens (tertiary/aromatic N) is 3. The van der Waals surface area contributed by atoms with Crippen molar-refractivity contribution in [1.29, 1.82) is 0 Å². The molecule has 32 heavy (non-hydrogen) atoms. The predicted molar refractivity (Wildman–Crippen MR) is 124 cm³/mol. The van der Waals surface area contributed by atoms with Crippen LogP contribution in [0.15, 0.2) is 48.8 Å². The number of carbonyl (C=O) groups excluding carboxylic acids is 2. The Balaban J connectivity index is 1.41. The molecule has 4 rings (SSSR count). The van der Waals surface area contributed by atoms with Crippen LogP contribution in [0.5, 0.6) is 0 Å². The number of hydrogen-bond acceptors (Lipinski definition) is 5. The number of carbonyl (C=O) groups is 2. The summed E-state index contributed by atoms with van der Waals surface area (Å²) in [5.74, 6) is 0.713. The van der Waals surface area contributed by atoms with E-state index in [0.717, 1.165) is 50.4 Å². The van der Waals surface area contributed by atoms with E-state index in [1.807, 2.05) is 36.1 Å². The zero-order valence-corrected chi connectivity index (χ0v) is 18.7. The van der Waals surface area contributed by atoms with Gasteiger partial charge in [0, 0.05) is 44.7 Å². The predicted octanol–water partition coefficient (Wildman–Crippen LogP) is 3.10. The average molecular weight is 437 g/mol. The summed E-state index contributed by atoms with van der Waals surface area (Å²) in [4.78, 5) is 33.4. The zero-order valence-electron chi connectivity index (χ0n) is 18.7. The summed E-state index contributed by atoms with van der Waals surface area (Å²) >= 11 is 0. The summed E-state index contributed by atoms with van der Waals surface area (Å²) in [6.07, 6.45) is 5.82. The van der Waals surface area contributed by atoms with Crippen molar-refractivity contribution in [3.05, 3.63) is 54.4 Å². The number of hydrogen-bond donors (Lipinski definition) is 1. The third-order valence-corrected chi connectivity index (χ3v) is 6.39. The van der Waals surface area contributed by atoms with Gasteiger partial charge in [-0.3, -0.25) is 19.5 Å². The maximum Gasteiger partial charge on any atom is 0.237 e. The normalized spacial score (nSPS) is 17.1. The van der Waals surface area contributed by atoms with E-state index in [1.165, 1.54) is 5.56 Å². The van der Waals surface area contributed by atoms with Gasteiger partial charge >= 0.3 is 0 Å². The summed E-state index contributed by atoms with van der Waals surface area (Å²) in [5, 5.41) is 3.18. The van der Waals surface area contributed by atoms with Crippen LogP contribution in [-0.2, 0) is 14.3 Å². The maximum absolute atomic E-state index is 13.1. The minimum absolute atomic E-state index is 0.000488. The number of anilines is 2. The Hall–Kier alpha value is -2.77. The number of rotatable bonds is 8. The van der Waals surface area contributed by atoms with E-state index in [4.69, 9.17) is 4.74 Å². The smallest absolute Gasteiger partial charge is 0.237 e. The minimum atomic E-state index is -0.000488. The fraction of sp³-hybridized carbons (Fsp3) is 0.480. The Bertz CT molecular complexity index is 891. The van der Waals surface area contributed by atoms with Crippen LogP contribution in [0.4, 0.5) is 11.4 Å². The second-order valence-corrected chi connectivity index (χ2v) is 8.43. The summed E-state index contributed by atoms with van der Waals surface area (Å²) < 4.78 is 5.31. The van der Waals surface area contributed by atoms with Gasteiger partial charge in [-0.05, 0) is 55.5 Å². The highest BCUT2D eigenvalue weighted by Crippen LogP contribution is 2.32. The Morgan fingerprint density at radius 1 is 1.12 bits per heavy atom. The van der Waals surface area contributed by atoms with Crippen molar-refractivity contribution >= 4 is 23.2 Å². The molecule has 0 atom stereocenters. The molecule has 2 fully saturated rings. The first-order valence-corrected chi connectivity index (χ1v) is 11.6. The second kappa shape index (κ2) is 10.7. The molecule has 1 aromatic carbocycles. The molecule has 0 bridgehead atoms. The van der Waals surface area contributed by atoms with E-state index in [0.29, 0.717) is 25.6 Å². The SMILES string of the molecule is CCOCCC(=O)N1CCC(c2ccc(N(C(=O)C3CNC3)c3cccnc3)cc2)CC1. The molecule has 1 aromatic heterocycles. The van der Waals surface area contributed by atoms with Gasteiger partial charge in [-0.2, -0.15) is 0 Å². The third-order valence-electron chi connectivity index (χ3n) is 6.39. The third kappa shape index (κ3) is 5.16. The highest BCUT2D eigenvalue weighted by Gasteiger charge is 2.31. The summed E-state index contributed by atoms with van der Waals surface area (Å²) in [7, 11) is 0. The van der Waals surface area contributed by atoms with Gasteiger partial charge in [0.05, 0.1) is 30.8 Å². The number of amides is 2. The average Bonchev–Trinajstić information content (AvgIpc) is 2.79. The molecule has 0 unspecified atom stereocenters. The van der Waals surface area contributed by atoms with E-state index in [-0.39, 0.29) is 17.7 Å². The highest BCUT2D eigenvalue weighted by atomic mass is 16.5. The Morgan fingerprint density at radius 2 is 1.88 bits per heavy atom. The number of pyridine rings is 1. The Labute approximate surface area is 189 Å². The highest BCUT2D eigenvalue weighted by molar-refractivity contribution is 6.02. The lowest BCUT2D eigenvalue weighted by Crippen LogP contribution is -2.51. The summed E-state index contributed by atoms with van der Waals surface area (Å²) in [6, 6.07) is 12.1. The lowest BCUT2D eigenvalue weighted by molar-refractivity contribution is -0.133. The molecule has 1 N–H and O–H groups in total. The van der Waals surface area contributed by atoms with Gasteiger partial charge in [0.2, 0.25) is 11.8 Å². The van der Waals surface area contributed by atoms with Gasteiger partial charge in [0.15, 0.2) is 0 Å². The van der Waals surface area contributed by atoms with Gasteiger partial charge in [-0.1, -0.05) is 12.1 Å². The van der Waals surface area contributed by atoms with Crippen LogP contribution < -0.4 is 10.2 Å². The fourth-order valence-electron chi connectivity index (χ4n) is 4.36. The fourth-order valence-corrected chi connectivity index (χ4v) is 4.36. The number of ether oxygens (including phenoxy) is 1. The van der Waals surface area contributed by atoms with Crippen LogP contribution in [0.1, 0.15) is 37.7 Å². The molecule has 2 aliphatic heterocycles. The molecular formula is C25H32N4O3. The molecule has 2 aliphatic rings. The van der Waals surface area contributed by atoms with E-state index < -0.39 is 0 Å². The van der Waals surface area contributed by atoms with Gasteiger partial charge in [-0.15, -0.1) is 0 Å². The number of likely N-dealkylation sites (tertiary alicyclic amines) is 1. The lowest BCUT2D eigenvalue weighted by Gasteiger charge is -2.33. The van der Waals surface area contributed by atoms with Crippen LogP contribution >= 0.6 is 0 Å². The first-order chi connectivity index (χ1) is 15.7. The molecule has 2 amide bonds. The second-order valence-electron chi connectivity index (χ2n) is 8.43. The van der Waals surface area contributed by atoms with Crippen molar-refractivity contribution < 1.29 is 14.3 Å². The first kappa shape index (κ1) is 22.4. The van der Waals surface area contributed by atoms with Crippen LogP contribution in [0.3, 0.4) is 0 Å². The molecule has 0 aliphatic carbocycles. The van der Waals surface area contributed by atoms with E-state index in [9.17, 15) is 9.59 Å². The maximum atomic E-state index is 13.1. The van der Waals surface area contributed by atoms with Crippen LogP contribution in [0.25, 0.3) is 0 Å². The molecule has 2 aromatic rings. The Kier molecular flexibility index (Phi) is 7.50. The molecule has 7 nitrogen and oxygen atoms in total. The summed E-state index contributed by atoms with van der Waals surface area (Å²) in [5.41, 5.74) is 2.91. The molecule has 2 saturated heterocycles. The number of nitrogens with one attached hydrogen (secondary N) is 1. The van der Waals surface area contributed by atoms with Crippen molar-refractivity contribution in [2.24, 2.45) is 5.92 Å². The number of piperidine rings is 1. The Morgan fingerprint density at radius 3 is 2.47 bits per heavy atom. The lowest BCUT2D eigenvalue weighted by atomic mass is 9.89. The van der Waals surface area contributed by atoms with E-state index in [1.54, 1.807) is 17.3 Å².